The number of sulfonamides is 1. The van der Waals surface area contributed by atoms with Gasteiger partial charge in [-0.1, -0.05) is 44.2 Å². The Morgan fingerprint density at radius 3 is 2.49 bits per heavy atom. The molecule has 2 N–H and O–H groups in total. The molecule has 4 rings (SSSR count). The van der Waals surface area contributed by atoms with Crippen LogP contribution in [0.2, 0.25) is 0 Å². The second kappa shape index (κ2) is 13.1. The Balaban J connectivity index is 1.51. The monoisotopic (exact) mass is 562 g/mol. The van der Waals surface area contributed by atoms with Crippen molar-refractivity contribution in [2.45, 2.75) is 56.1 Å². The third kappa shape index (κ3) is 7.49. The Hall–Kier alpha value is -2.70. The van der Waals surface area contributed by atoms with E-state index in [0.29, 0.717) is 12.4 Å². The van der Waals surface area contributed by atoms with Crippen molar-refractivity contribution in [1.29, 1.82) is 0 Å². The normalized spacial score (nSPS) is 22.5. The molecule has 2 aromatic rings. The van der Waals surface area contributed by atoms with Crippen LogP contribution in [0.3, 0.4) is 0 Å². The van der Waals surface area contributed by atoms with E-state index >= 15 is 0 Å². The summed E-state index contributed by atoms with van der Waals surface area (Å²) in [7, 11) is -2.43. The van der Waals surface area contributed by atoms with Gasteiger partial charge in [0.25, 0.3) is 0 Å². The number of methoxy groups -OCH3 is 1. The number of fused-ring (bicyclic) bond motifs is 1. The molecule has 2 aromatic carbocycles. The quantitative estimate of drug-likeness (QED) is 0.405. The van der Waals surface area contributed by atoms with Crippen LogP contribution < -0.4 is 10.1 Å². The number of aliphatic hydroxyl groups is 1. The van der Waals surface area contributed by atoms with Gasteiger partial charge in [0.15, 0.2) is 6.29 Å². The van der Waals surface area contributed by atoms with Crippen molar-refractivity contribution in [1.82, 2.24) is 9.62 Å². The number of amides is 1. The van der Waals surface area contributed by atoms with Crippen LogP contribution in [-0.2, 0) is 30.7 Å². The smallest absolute Gasteiger partial charge is 0.407 e. The zero-order valence-corrected chi connectivity index (χ0v) is 23.4. The van der Waals surface area contributed by atoms with Crippen LogP contribution in [0.25, 0.3) is 0 Å². The average molecular weight is 563 g/mol. The summed E-state index contributed by atoms with van der Waals surface area (Å²) in [5, 5.41) is 14.2. The molecule has 0 aliphatic carbocycles. The van der Waals surface area contributed by atoms with Gasteiger partial charge in [-0.25, -0.2) is 13.2 Å². The maximum absolute atomic E-state index is 13.6. The molecule has 39 heavy (non-hydrogen) atoms. The fraction of sp³-hybridized carbons (Fsp3) is 0.536. The van der Waals surface area contributed by atoms with Crippen LogP contribution in [0.1, 0.15) is 25.8 Å². The van der Waals surface area contributed by atoms with Gasteiger partial charge < -0.3 is 29.4 Å². The summed E-state index contributed by atoms with van der Waals surface area (Å²) in [6, 6.07) is 14.7. The number of aliphatic hydroxyl groups excluding tert-OH is 1. The predicted octanol–water partition coefficient (Wildman–Crippen LogP) is 2.80. The lowest BCUT2D eigenvalue weighted by molar-refractivity contribution is -0.0907. The summed E-state index contributed by atoms with van der Waals surface area (Å²) < 4.78 is 50.3. The third-order valence-corrected chi connectivity index (χ3v) is 8.81. The van der Waals surface area contributed by atoms with Crippen molar-refractivity contribution in [2.24, 2.45) is 11.8 Å². The lowest BCUT2D eigenvalue weighted by Crippen LogP contribution is -2.51. The van der Waals surface area contributed by atoms with E-state index in [2.05, 4.69) is 5.32 Å². The lowest BCUT2D eigenvalue weighted by atomic mass is 10.0. The zero-order chi connectivity index (χ0) is 28.0. The molecule has 2 heterocycles. The van der Waals surface area contributed by atoms with Crippen LogP contribution in [0, 0.1) is 11.8 Å². The maximum atomic E-state index is 13.6. The van der Waals surface area contributed by atoms with Crippen LogP contribution >= 0.6 is 0 Å². The molecule has 5 atom stereocenters. The van der Waals surface area contributed by atoms with Crippen molar-refractivity contribution in [3.63, 3.8) is 0 Å². The molecular weight excluding hydrogens is 524 g/mol. The van der Waals surface area contributed by atoms with E-state index in [9.17, 15) is 18.3 Å². The average Bonchev–Trinajstić information content (AvgIpc) is 3.53. The van der Waals surface area contributed by atoms with E-state index in [4.69, 9.17) is 18.9 Å². The number of hydrogen-bond acceptors (Lipinski definition) is 8. The van der Waals surface area contributed by atoms with Gasteiger partial charge in [-0.05, 0) is 48.6 Å². The molecule has 2 aliphatic heterocycles. The summed E-state index contributed by atoms with van der Waals surface area (Å²) in [5.74, 6) is 0.516. The van der Waals surface area contributed by atoms with Gasteiger partial charge in [0.2, 0.25) is 10.0 Å². The number of nitrogens with zero attached hydrogens (tertiary/aromatic N) is 1. The van der Waals surface area contributed by atoms with Crippen LogP contribution in [0.4, 0.5) is 4.79 Å². The van der Waals surface area contributed by atoms with E-state index in [1.807, 2.05) is 44.2 Å². The van der Waals surface area contributed by atoms with E-state index in [1.54, 1.807) is 12.1 Å². The first-order chi connectivity index (χ1) is 18.7. The third-order valence-electron chi connectivity index (χ3n) is 6.97. The molecular formula is C28H38N2O8S. The summed E-state index contributed by atoms with van der Waals surface area (Å²) >= 11 is 0. The Kier molecular flexibility index (Phi) is 9.84. The Morgan fingerprint density at radius 2 is 1.82 bits per heavy atom. The minimum Gasteiger partial charge on any atom is -0.497 e. The molecule has 1 unspecified atom stereocenters. The lowest BCUT2D eigenvalue weighted by Gasteiger charge is -2.31. The fourth-order valence-corrected chi connectivity index (χ4v) is 6.55. The minimum absolute atomic E-state index is 0.000311. The number of alkyl carbamates (subject to hydrolysis) is 1. The Labute approximate surface area is 230 Å². The summed E-state index contributed by atoms with van der Waals surface area (Å²) in [5.41, 5.74) is 0.878. The van der Waals surface area contributed by atoms with E-state index in [0.717, 1.165) is 12.0 Å². The molecule has 214 valence electrons. The maximum Gasteiger partial charge on any atom is 0.407 e. The van der Waals surface area contributed by atoms with Crippen LogP contribution in [-0.4, -0.2) is 81.9 Å². The molecule has 11 heteroatoms. The van der Waals surface area contributed by atoms with E-state index < -0.39 is 34.4 Å². The molecule has 0 spiro atoms. The minimum atomic E-state index is -3.94. The second-order valence-corrected chi connectivity index (χ2v) is 12.3. The Morgan fingerprint density at radius 1 is 1.10 bits per heavy atom. The van der Waals surface area contributed by atoms with Gasteiger partial charge in [-0.2, -0.15) is 4.31 Å². The highest BCUT2D eigenvalue weighted by molar-refractivity contribution is 7.89. The molecule has 2 fully saturated rings. The topological polar surface area (TPSA) is 124 Å². The number of carbonyl (C=O) groups excluding carboxylic acids is 1. The number of benzene rings is 2. The van der Waals surface area contributed by atoms with E-state index in [-0.39, 0.29) is 49.1 Å². The zero-order valence-electron chi connectivity index (χ0n) is 22.6. The van der Waals surface area contributed by atoms with Crippen molar-refractivity contribution in [2.75, 3.05) is 33.4 Å². The van der Waals surface area contributed by atoms with Crippen molar-refractivity contribution in [3.05, 3.63) is 60.2 Å². The highest BCUT2D eigenvalue weighted by atomic mass is 32.2. The van der Waals surface area contributed by atoms with Gasteiger partial charge in [-0.3, -0.25) is 0 Å². The van der Waals surface area contributed by atoms with Crippen LogP contribution in [0.5, 0.6) is 5.75 Å². The number of ether oxygens (including phenoxy) is 4. The highest BCUT2D eigenvalue weighted by Gasteiger charge is 2.44. The molecule has 0 aromatic heterocycles. The molecule has 0 bridgehead atoms. The van der Waals surface area contributed by atoms with Gasteiger partial charge in [0, 0.05) is 13.1 Å². The first kappa shape index (κ1) is 29.3. The SMILES string of the molecule is COc1ccc(S(=O)(=O)N(CC(C)C)C[C@@H](O)[C@H](Cc2ccccc2)NC(=O)O[C@H]2CO[C@H]3OCCC32)cc1. The predicted molar refractivity (Wildman–Crippen MR) is 144 cm³/mol. The van der Waals surface area contributed by atoms with Crippen molar-refractivity contribution < 1.29 is 37.3 Å². The standard InChI is InChI=1S/C28H38N2O8S/c1-19(2)16-30(39(33,34)22-11-9-21(35-3)10-12-22)17-25(31)24(15-20-7-5-4-6-8-20)29-28(32)38-26-18-37-27-23(26)13-14-36-27/h4-12,19,23-27,31H,13-18H2,1-3H3,(H,29,32)/t23?,24-,25+,26-,27+/m0/s1. The summed E-state index contributed by atoms with van der Waals surface area (Å²) in [6.45, 7) is 4.59. The van der Waals surface area contributed by atoms with Crippen LogP contribution in [0.15, 0.2) is 59.5 Å². The second-order valence-electron chi connectivity index (χ2n) is 10.4. The summed E-state index contributed by atoms with van der Waals surface area (Å²) in [6.07, 6.45) is -1.69. The first-order valence-corrected chi connectivity index (χ1v) is 14.7. The van der Waals surface area contributed by atoms with E-state index in [1.165, 1.54) is 23.5 Å². The van der Waals surface area contributed by atoms with Gasteiger partial charge in [0.05, 0.1) is 43.3 Å². The van der Waals surface area contributed by atoms with Crippen molar-refractivity contribution in [3.8, 4) is 5.75 Å². The molecule has 0 radical (unpaired) electrons. The number of carbonyl (C=O) groups is 1. The molecule has 10 nitrogen and oxygen atoms in total. The fourth-order valence-electron chi connectivity index (χ4n) is 4.93. The molecule has 2 saturated heterocycles. The number of nitrogens with one attached hydrogen (secondary N) is 1. The molecule has 1 amide bonds. The van der Waals surface area contributed by atoms with Gasteiger partial charge >= 0.3 is 6.09 Å². The molecule has 0 saturated carbocycles. The highest BCUT2D eigenvalue weighted by Crippen LogP contribution is 2.33. The van der Waals surface area contributed by atoms with Gasteiger partial charge in [0.1, 0.15) is 11.9 Å². The summed E-state index contributed by atoms with van der Waals surface area (Å²) in [4.78, 5) is 13.0. The van der Waals surface area contributed by atoms with Crippen molar-refractivity contribution >= 4 is 16.1 Å². The number of rotatable bonds is 12. The van der Waals surface area contributed by atoms with Gasteiger partial charge in [-0.15, -0.1) is 0 Å². The Bertz CT molecular complexity index is 1180. The number of hydrogen-bond donors (Lipinski definition) is 2. The first-order valence-electron chi connectivity index (χ1n) is 13.2. The molecule has 2 aliphatic rings. The largest absolute Gasteiger partial charge is 0.497 e.